The summed E-state index contributed by atoms with van der Waals surface area (Å²) in [4.78, 5) is 45.8. The molecule has 2 heterocycles. The van der Waals surface area contributed by atoms with Gasteiger partial charge in [-0.2, -0.15) is 0 Å². The number of benzene rings is 2. The van der Waals surface area contributed by atoms with Crippen molar-refractivity contribution in [1.29, 1.82) is 0 Å². The van der Waals surface area contributed by atoms with E-state index in [1.54, 1.807) is 44.2 Å². The molecule has 0 N–H and O–H groups in total. The molecule has 4 rings (SSSR count). The number of carbonyl (C=O) groups is 4. The molecule has 2 atom stereocenters. The maximum atomic E-state index is 11.5. The Kier molecular flexibility index (Phi) is 7.72. The summed E-state index contributed by atoms with van der Waals surface area (Å²) >= 11 is 2.05. The fourth-order valence-electron chi connectivity index (χ4n) is 3.37. The van der Waals surface area contributed by atoms with Crippen molar-refractivity contribution in [1.82, 2.24) is 0 Å². The van der Waals surface area contributed by atoms with Crippen molar-refractivity contribution in [2.45, 2.75) is 38.9 Å². The molecule has 2 aromatic carbocycles. The van der Waals surface area contributed by atoms with E-state index in [0.29, 0.717) is 35.5 Å². The van der Waals surface area contributed by atoms with Crippen molar-refractivity contribution in [3.63, 3.8) is 0 Å². The summed E-state index contributed by atoms with van der Waals surface area (Å²) in [5.41, 5.74) is 2.39. The number of methoxy groups -OCH3 is 2. The van der Waals surface area contributed by atoms with Crippen molar-refractivity contribution in [2.24, 2.45) is 0 Å². The van der Waals surface area contributed by atoms with Crippen LogP contribution in [0.15, 0.2) is 30.3 Å². The number of ether oxygens (including phenoxy) is 4. The second-order valence-corrected chi connectivity index (χ2v) is 8.71. The van der Waals surface area contributed by atoms with Gasteiger partial charge in [-0.15, -0.1) is 0 Å². The summed E-state index contributed by atoms with van der Waals surface area (Å²) in [6.07, 6.45) is -0.211. The third kappa shape index (κ3) is 5.52. The van der Waals surface area contributed by atoms with Crippen molar-refractivity contribution < 1.29 is 38.1 Å². The summed E-state index contributed by atoms with van der Waals surface area (Å²) in [6.45, 7) is 3.45. The van der Waals surface area contributed by atoms with E-state index in [1.807, 2.05) is 0 Å². The van der Waals surface area contributed by atoms with Crippen LogP contribution in [0.4, 0.5) is 0 Å². The average molecular weight is 566 g/mol. The Morgan fingerprint density at radius 1 is 0.848 bits per heavy atom. The molecule has 174 valence electrons. The minimum absolute atomic E-state index is 0.0227. The summed E-state index contributed by atoms with van der Waals surface area (Å²) < 4.78 is 21.0. The fourth-order valence-corrected chi connectivity index (χ4v) is 4.03. The number of fused-ring (bicyclic) bond motifs is 2. The number of carbonyl (C=O) groups excluding carboxylic acids is 4. The molecule has 8 nitrogen and oxygen atoms in total. The molecule has 2 aromatic rings. The van der Waals surface area contributed by atoms with Gasteiger partial charge in [-0.1, -0.05) is 0 Å². The lowest BCUT2D eigenvalue weighted by Gasteiger charge is -2.23. The van der Waals surface area contributed by atoms with Crippen LogP contribution in [0.1, 0.15) is 45.7 Å². The van der Waals surface area contributed by atoms with Crippen LogP contribution in [0, 0.1) is 3.57 Å². The highest BCUT2D eigenvalue weighted by molar-refractivity contribution is 14.1. The van der Waals surface area contributed by atoms with E-state index in [9.17, 15) is 19.2 Å². The van der Waals surface area contributed by atoms with Gasteiger partial charge in [-0.25, -0.2) is 9.59 Å². The zero-order chi connectivity index (χ0) is 24.3. The molecule has 0 amide bonds. The van der Waals surface area contributed by atoms with E-state index in [2.05, 4.69) is 32.1 Å². The highest BCUT2D eigenvalue weighted by atomic mass is 127. The highest BCUT2D eigenvalue weighted by Gasteiger charge is 2.27. The number of esters is 2. The number of rotatable bonds is 2. The number of hydrogen-bond acceptors (Lipinski definition) is 8. The van der Waals surface area contributed by atoms with Gasteiger partial charge in [0.1, 0.15) is 11.5 Å². The van der Waals surface area contributed by atoms with Crippen molar-refractivity contribution >= 4 is 46.1 Å². The number of hydrogen-bond donors (Lipinski definition) is 0. The normalized spacial score (nSPS) is 18.5. The van der Waals surface area contributed by atoms with Crippen molar-refractivity contribution in [3.05, 3.63) is 56.2 Å². The molecule has 9 heteroatoms. The smallest absolute Gasteiger partial charge is 0.338 e. The largest absolute Gasteiger partial charge is 0.483 e. The predicted molar refractivity (Wildman–Crippen MR) is 126 cm³/mol. The van der Waals surface area contributed by atoms with Gasteiger partial charge in [-0.3, -0.25) is 9.59 Å². The molecule has 0 saturated carbocycles. The van der Waals surface area contributed by atoms with Gasteiger partial charge in [0.05, 0.1) is 25.3 Å². The molecule has 0 aliphatic carbocycles. The van der Waals surface area contributed by atoms with Crippen molar-refractivity contribution in [3.8, 4) is 11.5 Å². The van der Waals surface area contributed by atoms with Crippen LogP contribution in [-0.2, 0) is 31.9 Å². The first-order valence-electron chi connectivity index (χ1n) is 10.1. The SMILES string of the molecule is COC(=O)c1cc2c(cc1I)O[C@H](C)C(=O)C2.COC(=O)c1ccc2c(c1)CC(=O)[C@@H](C)O2. The van der Waals surface area contributed by atoms with Crippen LogP contribution >= 0.6 is 22.6 Å². The Labute approximate surface area is 204 Å². The molecule has 33 heavy (non-hydrogen) atoms. The van der Waals surface area contributed by atoms with Crippen LogP contribution in [0.3, 0.4) is 0 Å². The van der Waals surface area contributed by atoms with Gasteiger partial charge in [0.25, 0.3) is 0 Å². The first-order chi connectivity index (χ1) is 15.6. The van der Waals surface area contributed by atoms with Crippen LogP contribution in [0.5, 0.6) is 11.5 Å². The van der Waals surface area contributed by atoms with E-state index >= 15 is 0 Å². The molecule has 2 aliphatic rings. The fraction of sp³-hybridized carbons (Fsp3) is 0.333. The lowest BCUT2D eigenvalue weighted by Crippen LogP contribution is -2.30. The summed E-state index contributed by atoms with van der Waals surface area (Å²) in [6, 6.07) is 8.42. The summed E-state index contributed by atoms with van der Waals surface area (Å²) in [5, 5.41) is 0. The lowest BCUT2D eigenvalue weighted by molar-refractivity contribution is -0.126. The van der Waals surface area contributed by atoms with E-state index in [-0.39, 0.29) is 11.6 Å². The first-order valence-corrected chi connectivity index (χ1v) is 11.2. The molecule has 0 aromatic heterocycles. The highest BCUT2D eigenvalue weighted by Crippen LogP contribution is 2.30. The van der Waals surface area contributed by atoms with Crippen LogP contribution in [0.25, 0.3) is 0 Å². The van der Waals surface area contributed by atoms with E-state index < -0.39 is 24.1 Å². The standard InChI is InChI=1S/C12H11IO4.C12H12O4/c1-6-10(14)4-7-3-8(12(15)16-2)9(13)5-11(7)17-6;1-7-10(13)6-9-5-8(12(14)15-2)3-4-11(9)16-7/h3,5-6H,4H2,1-2H3;3-5,7H,6H2,1-2H3/t6-;7-/m11/s1. The Morgan fingerprint density at radius 3 is 1.97 bits per heavy atom. The zero-order valence-electron chi connectivity index (χ0n) is 18.6. The Hall–Kier alpha value is -2.95. The van der Waals surface area contributed by atoms with E-state index in [0.717, 1.165) is 14.7 Å². The van der Waals surface area contributed by atoms with Gasteiger partial charge in [-0.05, 0) is 66.8 Å². The molecule has 0 unspecified atom stereocenters. The third-order valence-corrected chi connectivity index (χ3v) is 6.17. The number of ketones is 2. The summed E-state index contributed by atoms with van der Waals surface area (Å²) in [5.74, 6) is 0.579. The van der Waals surface area contributed by atoms with Gasteiger partial charge >= 0.3 is 11.9 Å². The Morgan fingerprint density at radius 2 is 1.39 bits per heavy atom. The first kappa shape index (κ1) is 24.7. The minimum Gasteiger partial charge on any atom is -0.483 e. The molecule has 0 saturated heterocycles. The molecule has 0 bridgehead atoms. The van der Waals surface area contributed by atoms with E-state index in [4.69, 9.17) is 9.47 Å². The molecular weight excluding hydrogens is 543 g/mol. The van der Waals surface area contributed by atoms with Crippen LogP contribution in [0.2, 0.25) is 0 Å². The van der Waals surface area contributed by atoms with Crippen LogP contribution in [-0.4, -0.2) is 49.9 Å². The predicted octanol–water partition coefficient (Wildman–Crippen LogP) is 3.34. The monoisotopic (exact) mass is 566 g/mol. The number of halogens is 1. The van der Waals surface area contributed by atoms with Gasteiger partial charge in [0.2, 0.25) is 0 Å². The zero-order valence-corrected chi connectivity index (χ0v) is 20.8. The molecule has 0 spiro atoms. The van der Waals surface area contributed by atoms with Gasteiger partial charge < -0.3 is 18.9 Å². The van der Waals surface area contributed by atoms with Crippen molar-refractivity contribution in [2.75, 3.05) is 14.2 Å². The maximum absolute atomic E-state index is 11.5. The lowest BCUT2D eigenvalue weighted by atomic mass is 9.99. The summed E-state index contributed by atoms with van der Waals surface area (Å²) in [7, 11) is 2.66. The quantitative estimate of drug-likeness (QED) is 0.403. The van der Waals surface area contributed by atoms with Gasteiger partial charge in [0, 0.05) is 27.5 Å². The number of Topliss-reactive ketones (excluding diaryl/α,β-unsaturated/α-hetero) is 2. The molecule has 2 aliphatic heterocycles. The minimum atomic E-state index is -0.415. The molecule has 0 radical (unpaired) electrons. The second-order valence-electron chi connectivity index (χ2n) is 7.55. The Bertz CT molecular complexity index is 1120. The topological polar surface area (TPSA) is 105 Å². The second kappa shape index (κ2) is 10.3. The van der Waals surface area contributed by atoms with Gasteiger partial charge in [0.15, 0.2) is 23.8 Å². The third-order valence-electron chi connectivity index (χ3n) is 5.28. The Balaban J connectivity index is 0.000000186. The molecule has 0 fully saturated rings. The molecular formula is C24H23IO8. The average Bonchev–Trinajstić information content (AvgIpc) is 2.79. The van der Waals surface area contributed by atoms with E-state index in [1.165, 1.54) is 14.2 Å². The maximum Gasteiger partial charge on any atom is 0.338 e. The van der Waals surface area contributed by atoms with Crippen LogP contribution < -0.4 is 9.47 Å².